The zero-order valence-electron chi connectivity index (χ0n) is 18.9. The highest BCUT2D eigenvalue weighted by atomic mass is 19.2. The summed E-state index contributed by atoms with van der Waals surface area (Å²) in [6.07, 6.45) is 2.94. The number of halogens is 4. The molecule has 1 saturated heterocycles. The van der Waals surface area contributed by atoms with Gasteiger partial charge in [0.05, 0.1) is 13.2 Å². The molecule has 1 fully saturated rings. The van der Waals surface area contributed by atoms with Crippen LogP contribution in [0.15, 0.2) is 61.2 Å². The molecule has 0 radical (unpaired) electrons. The number of ether oxygens (including phenoxy) is 2. The van der Waals surface area contributed by atoms with Gasteiger partial charge in [-0.1, -0.05) is 61.5 Å². The molecule has 178 valence electrons. The van der Waals surface area contributed by atoms with Crippen LogP contribution in [0.4, 0.5) is 17.6 Å². The molecule has 1 aliphatic heterocycles. The number of hydrogen-bond donors (Lipinski definition) is 0. The van der Waals surface area contributed by atoms with E-state index in [1.165, 1.54) is 18.2 Å². The van der Waals surface area contributed by atoms with E-state index in [9.17, 15) is 17.6 Å². The highest BCUT2D eigenvalue weighted by Crippen LogP contribution is 2.34. The van der Waals surface area contributed by atoms with Crippen LogP contribution in [0, 0.1) is 29.2 Å². The average molecular weight is 471 g/mol. The van der Waals surface area contributed by atoms with E-state index in [2.05, 4.69) is 6.58 Å². The van der Waals surface area contributed by atoms with Crippen LogP contribution in [0.5, 0.6) is 0 Å². The van der Waals surface area contributed by atoms with Gasteiger partial charge in [-0.2, -0.15) is 0 Å². The number of benzene rings is 3. The monoisotopic (exact) mass is 470 g/mol. The molecule has 0 aromatic heterocycles. The molecule has 2 nitrogen and oxygen atoms in total. The molecule has 3 aromatic rings. The van der Waals surface area contributed by atoms with Crippen LogP contribution in [0.1, 0.15) is 37.2 Å². The lowest BCUT2D eigenvalue weighted by Gasteiger charge is -2.29. The molecule has 1 heterocycles. The molecule has 0 bridgehead atoms. The van der Waals surface area contributed by atoms with E-state index in [-0.39, 0.29) is 22.6 Å². The van der Waals surface area contributed by atoms with Crippen molar-refractivity contribution in [3.05, 3.63) is 95.6 Å². The summed E-state index contributed by atoms with van der Waals surface area (Å²) in [5.74, 6) is -3.65. The molecule has 4 rings (SSSR count). The smallest absolute Gasteiger partial charge is 0.186 e. The average Bonchev–Trinajstić information content (AvgIpc) is 2.87. The third kappa shape index (κ3) is 4.79. The second kappa shape index (κ2) is 10.5. The lowest BCUT2D eigenvalue weighted by atomic mass is 9.97. The fraction of sp³-hybridized carbons (Fsp3) is 0.286. The number of rotatable bonds is 7. The topological polar surface area (TPSA) is 18.5 Å². The molecule has 0 aliphatic carbocycles. The first-order chi connectivity index (χ1) is 16.4. The summed E-state index contributed by atoms with van der Waals surface area (Å²) in [4.78, 5) is 0. The molecule has 34 heavy (non-hydrogen) atoms. The Balaban J connectivity index is 1.54. The quantitative estimate of drug-likeness (QED) is 0.259. The van der Waals surface area contributed by atoms with Gasteiger partial charge in [-0.25, -0.2) is 17.6 Å². The van der Waals surface area contributed by atoms with E-state index in [4.69, 9.17) is 9.47 Å². The van der Waals surface area contributed by atoms with Crippen molar-refractivity contribution in [1.29, 1.82) is 0 Å². The third-order valence-electron chi connectivity index (χ3n) is 6.16. The Hall–Kier alpha value is -2.96. The van der Waals surface area contributed by atoms with Gasteiger partial charge in [0.25, 0.3) is 0 Å². The second-order valence-corrected chi connectivity index (χ2v) is 8.39. The van der Waals surface area contributed by atoms with Gasteiger partial charge in [-0.3, -0.25) is 0 Å². The molecule has 0 atom stereocenters. The van der Waals surface area contributed by atoms with Gasteiger partial charge >= 0.3 is 0 Å². The van der Waals surface area contributed by atoms with Gasteiger partial charge in [-0.05, 0) is 36.0 Å². The van der Waals surface area contributed by atoms with E-state index in [1.54, 1.807) is 37.3 Å². The number of allylic oxidation sites excluding steroid dienone is 1. The van der Waals surface area contributed by atoms with Crippen LogP contribution in [0.25, 0.3) is 22.3 Å². The van der Waals surface area contributed by atoms with E-state index < -0.39 is 29.6 Å². The Morgan fingerprint density at radius 1 is 0.794 bits per heavy atom. The Labute approximate surface area is 196 Å². The van der Waals surface area contributed by atoms with E-state index in [0.717, 1.165) is 12.8 Å². The van der Waals surface area contributed by atoms with Crippen molar-refractivity contribution in [3.63, 3.8) is 0 Å². The van der Waals surface area contributed by atoms with Crippen molar-refractivity contribution in [1.82, 2.24) is 0 Å². The largest absolute Gasteiger partial charge is 0.348 e. The fourth-order valence-electron chi connectivity index (χ4n) is 4.13. The Morgan fingerprint density at radius 2 is 1.35 bits per heavy atom. The highest BCUT2D eigenvalue weighted by Gasteiger charge is 2.27. The van der Waals surface area contributed by atoms with Gasteiger partial charge in [-0.15, -0.1) is 6.58 Å². The maximum atomic E-state index is 15.0. The molecule has 0 spiro atoms. The third-order valence-corrected chi connectivity index (χ3v) is 6.16. The first-order valence-electron chi connectivity index (χ1n) is 11.3. The van der Waals surface area contributed by atoms with Crippen molar-refractivity contribution < 1.29 is 27.0 Å². The molecular weight excluding hydrogens is 444 g/mol. The highest BCUT2D eigenvalue weighted by molar-refractivity contribution is 5.71. The Bertz CT molecular complexity index is 1170. The van der Waals surface area contributed by atoms with E-state index in [0.29, 0.717) is 36.3 Å². The number of hydrogen-bond acceptors (Lipinski definition) is 2. The molecule has 6 heteroatoms. The van der Waals surface area contributed by atoms with Crippen molar-refractivity contribution in [2.24, 2.45) is 5.92 Å². The molecule has 1 aliphatic rings. The zero-order chi connectivity index (χ0) is 24.2. The summed E-state index contributed by atoms with van der Waals surface area (Å²) in [7, 11) is 0. The zero-order valence-corrected chi connectivity index (χ0v) is 18.9. The normalized spacial score (nSPS) is 18.1. The predicted molar refractivity (Wildman–Crippen MR) is 124 cm³/mol. The molecule has 0 amide bonds. The van der Waals surface area contributed by atoms with Gasteiger partial charge in [0.15, 0.2) is 29.6 Å². The minimum absolute atomic E-state index is 0.00796. The van der Waals surface area contributed by atoms with Crippen LogP contribution in [-0.4, -0.2) is 13.2 Å². The van der Waals surface area contributed by atoms with Crippen LogP contribution in [0.2, 0.25) is 0 Å². The van der Waals surface area contributed by atoms with Crippen LogP contribution < -0.4 is 0 Å². The lowest BCUT2D eigenvalue weighted by molar-refractivity contribution is -0.207. The minimum atomic E-state index is -1.03. The summed E-state index contributed by atoms with van der Waals surface area (Å²) in [6, 6.07) is 12.2. The van der Waals surface area contributed by atoms with Crippen LogP contribution >= 0.6 is 0 Å². The van der Waals surface area contributed by atoms with Crippen molar-refractivity contribution in [3.8, 4) is 22.3 Å². The van der Waals surface area contributed by atoms with Crippen LogP contribution in [-0.2, 0) is 15.9 Å². The Kier molecular flexibility index (Phi) is 7.49. The summed E-state index contributed by atoms with van der Waals surface area (Å²) in [5, 5.41) is 0. The summed E-state index contributed by atoms with van der Waals surface area (Å²) < 4.78 is 69.8. The SMILES string of the molecule is C=CCCC1COC(c2ccc(-c3ccc(-c4ccc(CC)c(F)c4F)cc3)c(F)c2F)OC1. The summed E-state index contributed by atoms with van der Waals surface area (Å²) in [5.41, 5.74) is 1.33. The van der Waals surface area contributed by atoms with Gasteiger partial charge < -0.3 is 9.47 Å². The Morgan fingerprint density at radius 3 is 1.91 bits per heavy atom. The maximum Gasteiger partial charge on any atom is 0.186 e. The molecule has 3 aromatic carbocycles. The van der Waals surface area contributed by atoms with E-state index in [1.807, 2.05) is 6.08 Å². The predicted octanol–water partition coefficient (Wildman–Crippen LogP) is 7.77. The van der Waals surface area contributed by atoms with Crippen molar-refractivity contribution >= 4 is 0 Å². The van der Waals surface area contributed by atoms with E-state index >= 15 is 0 Å². The van der Waals surface area contributed by atoms with Gasteiger partial charge in [0.2, 0.25) is 0 Å². The molecule has 0 saturated carbocycles. The first kappa shape index (κ1) is 24.2. The minimum Gasteiger partial charge on any atom is -0.348 e. The summed E-state index contributed by atoms with van der Waals surface area (Å²) >= 11 is 0. The second-order valence-electron chi connectivity index (χ2n) is 8.39. The maximum absolute atomic E-state index is 15.0. The number of aryl methyl sites for hydroxylation is 1. The molecular formula is C28H26F4O2. The fourth-order valence-corrected chi connectivity index (χ4v) is 4.13. The van der Waals surface area contributed by atoms with Crippen LogP contribution in [0.3, 0.4) is 0 Å². The van der Waals surface area contributed by atoms with Crippen molar-refractivity contribution in [2.75, 3.05) is 13.2 Å². The summed E-state index contributed by atoms with van der Waals surface area (Å²) in [6.45, 7) is 6.24. The first-order valence-corrected chi connectivity index (χ1v) is 11.3. The van der Waals surface area contributed by atoms with Crippen molar-refractivity contribution in [2.45, 2.75) is 32.5 Å². The molecule has 0 N–H and O–H groups in total. The van der Waals surface area contributed by atoms with Gasteiger partial charge in [0, 0.05) is 22.6 Å². The lowest BCUT2D eigenvalue weighted by Crippen LogP contribution is -2.27. The standard InChI is InChI=1S/C28H26F4O2/c1-3-5-6-17-15-33-28(34-16-17)23-14-13-22(26(31)27(23)32)20-9-7-19(8-10-20)21-12-11-18(4-2)24(29)25(21)30/h3,7-14,17,28H,1,4-6,15-16H2,2H3. The van der Waals surface area contributed by atoms with Gasteiger partial charge in [0.1, 0.15) is 0 Å². The molecule has 0 unspecified atom stereocenters.